The van der Waals surface area contributed by atoms with Crippen molar-refractivity contribution >= 4 is 0 Å². The molecule has 13 heavy (non-hydrogen) atoms. The van der Waals surface area contributed by atoms with Crippen molar-refractivity contribution < 1.29 is 0 Å². The minimum Gasteiger partial charge on any atom is -0.311 e. The Morgan fingerprint density at radius 3 is 2.38 bits per heavy atom. The molecular formula is C12H23N. The lowest BCUT2D eigenvalue weighted by atomic mass is 9.91. The first kappa shape index (κ1) is 9.51. The minimum atomic E-state index is 0.843. The molecule has 0 saturated heterocycles. The lowest BCUT2D eigenvalue weighted by Crippen LogP contribution is -2.36. The fourth-order valence-electron chi connectivity index (χ4n) is 2.82. The van der Waals surface area contributed by atoms with E-state index in [1.165, 1.54) is 25.7 Å². The molecule has 1 N–H and O–H groups in total. The molecule has 0 aliphatic heterocycles. The summed E-state index contributed by atoms with van der Waals surface area (Å²) in [5, 5.41) is 3.83. The Hall–Kier alpha value is -0.0400. The van der Waals surface area contributed by atoms with Gasteiger partial charge in [-0.25, -0.2) is 0 Å². The molecule has 0 aromatic carbocycles. The van der Waals surface area contributed by atoms with Gasteiger partial charge in [-0.1, -0.05) is 27.2 Å². The predicted octanol–water partition coefficient (Wildman–Crippen LogP) is 2.81. The van der Waals surface area contributed by atoms with E-state index in [0.717, 1.165) is 29.8 Å². The van der Waals surface area contributed by atoms with Gasteiger partial charge >= 0.3 is 0 Å². The van der Waals surface area contributed by atoms with Crippen LogP contribution in [0.15, 0.2) is 0 Å². The highest BCUT2D eigenvalue weighted by Crippen LogP contribution is 2.36. The molecule has 0 spiro atoms. The molecule has 0 radical (unpaired) electrons. The maximum Gasteiger partial charge on any atom is 0.0100 e. The molecule has 1 nitrogen and oxygen atoms in total. The van der Waals surface area contributed by atoms with E-state index in [0.29, 0.717) is 0 Å². The first-order valence-electron chi connectivity index (χ1n) is 5.94. The van der Waals surface area contributed by atoms with E-state index in [2.05, 4.69) is 26.1 Å². The molecule has 2 rings (SSSR count). The van der Waals surface area contributed by atoms with Crippen LogP contribution in [0.2, 0.25) is 0 Å². The Morgan fingerprint density at radius 1 is 1.15 bits per heavy atom. The molecule has 2 aliphatic rings. The third-order valence-electron chi connectivity index (χ3n) is 3.96. The summed E-state index contributed by atoms with van der Waals surface area (Å²) < 4.78 is 0. The standard InChI is InChI=1S/C12H23N/c1-8(2)10-5-4-6-11(10)13-12-7-9(12)3/h8-13H,4-7H2,1-3H3. The summed E-state index contributed by atoms with van der Waals surface area (Å²) in [5.41, 5.74) is 0. The normalized spacial score (nSPS) is 44.3. The highest BCUT2D eigenvalue weighted by atomic mass is 15.0. The molecule has 0 aromatic rings. The van der Waals surface area contributed by atoms with Crippen molar-refractivity contribution in [1.82, 2.24) is 5.32 Å². The molecular weight excluding hydrogens is 158 g/mol. The summed E-state index contributed by atoms with van der Waals surface area (Å²) in [6, 6.07) is 1.71. The third-order valence-corrected chi connectivity index (χ3v) is 3.96. The fourth-order valence-corrected chi connectivity index (χ4v) is 2.82. The van der Waals surface area contributed by atoms with E-state index in [4.69, 9.17) is 0 Å². The van der Waals surface area contributed by atoms with E-state index in [9.17, 15) is 0 Å². The van der Waals surface area contributed by atoms with Gasteiger partial charge in [0.1, 0.15) is 0 Å². The van der Waals surface area contributed by atoms with Crippen molar-refractivity contribution in [3.8, 4) is 0 Å². The maximum atomic E-state index is 3.83. The van der Waals surface area contributed by atoms with Crippen LogP contribution in [-0.4, -0.2) is 12.1 Å². The average molecular weight is 181 g/mol. The van der Waals surface area contributed by atoms with Crippen molar-refractivity contribution in [3.05, 3.63) is 0 Å². The van der Waals surface area contributed by atoms with Gasteiger partial charge in [-0.3, -0.25) is 0 Å². The molecule has 4 unspecified atom stereocenters. The molecule has 0 aromatic heterocycles. The molecule has 2 aliphatic carbocycles. The average Bonchev–Trinajstić information content (AvgIpc) is 2.62. The van der Waals surface area contributed by atoms with Crippen LogP contribution in [0.3, 0.4) is 0 Å². The molecule has 1 heteroatoms. The Bertz CT molecular complexity index is 176. The van der Waals surface area contributed by atoms with Crippen LogP contribution in [0, 0.1) is 17.8 Å². The summed E-state index contributed by atoms with van der Waals surface area (Å²) in [6.07, 6.45) is 5.74. The summed E-state index contributed by atoms with van der Waals surface area (Å²) >= 11 is 0. The number of rotatable bonds is 3. The van der Waals surface area contributed by atoms with Crippen LogP contribution in [-0.2, 0) is 0 Å². The molecule has 2 saturated carbocycles. The van der Waals surface area contributed by atoms with Crippen molar-refractivity contribution in [2.24, 2.45) is 17.8 Å². The zero-order chi connectivity index (χ0) is 9.42. The second kappa shape index (κ2) is 3.61. The number of hydrogen-bond acceptors (Lipinski definition) is 1. The van der Waals surface area contributed by atoms with E-state index in [1.807, 2.05) is 0 Å². The van der Waals surface area contributed by atoms with Gasteiger partial charge in [-0.05, 0) is 37.0 Å². The summed E-state index contributed by atoms with van der Waals surface area (Å²) in [6.45, 7) is 7.11. The van der Waals surface area contributed by atoms with E-state index in [-0.39, 0.29) is 0 Å². The molecule has 2 fully saturated rings. The lowest BCUT2D eigenvalue weighted by molar-refractivity contribution is 0.309. The van der Waals surface area contributed by atoms with E-state index in [1.54, 1.807) is 0 Å². The second-order valence-electron chi connectivity index (χ2n) is 5.43. The molecule has 0 bridgehead atoms. The number of hydrogen-bond donors (Lipinski definition) is 1. The fraction of sp³-hybridized carbons (Fsp3) is 1.00. The van der Waals surface area contributed by atoms with Crippen LogP contribution in [0.1, 0.15) is 46.5 Å². The van der Waals surface area contributed by atoms with Gasteiger partial charge in [0, 0.05) is 12.1 Å². The predicted molar refractivity (Wildman–Crippen MR) is 56.7 cm³/mol. The largest absolute Gasteiger partial charge is 0.311 e. The van der Waals surface area contributed by atoms with Crippen LogP contribution in [0.5, 0.6) is 0 Å². The number of nitrogens with one attached hydrogen (secondary N) is 1. The van der Waals surface area contributed by atoms with Gasteiger partial charge < -0.3 is 5.32 Å². The van der Waals surface area contributed by atoms with Gasteiger partial charge in [0.25, 0.3) is 0 Å². The first-order valence-corrected chi connectivity index (χ1v) is 5.94. The van der Waals surface area contributed by atoms with Crippen molar-refractivity contribution in [1.29, 1.82) is 0 Å². The molecule has 0 heterocycles. The molecule has 4 atom stereocenters. The highest BCUT2D eigenvalue weighted by molar-refractivity contribution is 4.95. The van der Waals surface area contributed by atoms with Gasteiger partial charge in [0.05, 0.1) is 0 Å². The van der Waals surface area contributed by atoms with Crippen molar-refractivity contribution in [3.63, 3.8) is 0 Å². The third kappa shape index (κ3) is 2.07. The lowest BCUT2D eigenvalue weighted by Gasteiger charge is -2.24. The van der Waals surface area contributed by atoms with E-state index >= 15 is 0 Å². The van der Waals surface area contributed by atoms with Gasteiger partial charge in [0.2, 0.25) is 0 Å². The van der Waals surface area contributed by atoms with Gasteiger partial charge in [-0.15, -0.1) is 0 Å². The summed E-state index contributed by atoms with van der Waals surface area (Å²) in [7, 11) is 0. The van der Waals surface area contributed by atoms with Gasteiger partial charge in [-0.2, -0.15) is 0 Å². The monoisotopic (exact) mass is 181 g/mol. The Labute approximate surface area is 82.3 Å². The smallest absolute Gasteiger partial charge is 0.0100 e. The highest BCUT2D eigenvalue weighted by Gasteiger charge is 2.38. The minimum absolute atomic E-state index is 0.843. The Balaban J connectivity index is 1.83. The zero-order valence-corrected chi connectivity index (χ0v) is 9.22. The van der Waals surface area contributed by atoms with Crippen molar-refractivity contribution in [2.45, 2.75) is 58.5 Å². The van der Waals surface area contributed by atoms with E-state index < -0.39 is 0 Å². The summed E-state index contributed by atoms with van der Waals surface area (Å²) in [5.74, 6) is 2.77. The maximum absolute atomic E-state index is 3.83. The second-order valence-corrected chi connectivity index (χ2v) is 5.43. The van der Waals surface area contributed by atoms with Gasteiger partial charge in [0.15, 0.2) is 0 Å². The topological polar surface area (TPSA) is 12.0 Å². The SMILES string of the molecule is CC(C)C1CCCC1NC1CC1C. The van der Waals surface area contributed by atoms with Crippen LogP contribution >= 0.6 is 0 Å². The van der Waals surface area contributed by atoms with Crippen LogP contribution in [0.25, 0.3) is 0 Å². The van der Waals surface area contributed by atoms with Crippen molar-refractivity contribution in [2.75, 3.05) is 0 Å². The zero-order valence-electron chi connectivity index (χ0n) is 9.22. The van der Waals surface area contributed by atoms with Crippen LogP contribution in [0.4, 0.5) is 0 Å². The Morgan fingerprint density at radius 2 is 1.85 bits per heavy atom. The summed E-state index contributed by atoms with van der Waals surface area (Å²) in [4.78, 5) is 0. The molecule has 0 amide bonds. The van der Waals surface area contributed by atoms with Crippen LogP contribution < -0.4 is 5.32 Å². The quantitative estimate of drug-likeness (QED) is 0.706. The molecule has 76 valence electrons. The Kier molecular flexibility index (Phi) is 2.64. The first-order chi connectivity index (χ1) is 6.18.